The zero-order valence-corrected chi connectivity index (χ0v) is 15.3. The fourth-order valence-corrected chi connectivity index (χ4v) is 3.25. The molecule has 0 aliphatic rings. The molecule has 0 aliphatic carbocycles. The Kier molecular flexibility index (Phi) is 6.02. The van der Waals surface area contributed by atoms with Crippen LogP contribution in [0.3, 0.4) is 0 Å². The van der Waals surface area contributed by atoms with E-state index in [1.165, 1.54) is 18.2 Å². The molecule has 134 valence electrons. The maximum Gasteiger partial charge on any atom is 0.261 e. The molecule has 0 heterocycles. The van der Waals surface area contributed by atoms with Crippen LogP contribution in [0.1, 0.15) is 24.2 Å². The molecule has 0 spiro atoms. The van der Waals surface area contributed by atoms with Gasteiger partial charge >= 0.3 is 0 Å². The van der Waals surface area contributed by atoms with Gasteiger partial charge in [0.2, 0.25) is 0 Å². The van der Waals surface area contributed by atoms with E-state index in [-0.39, 0.29) is 33.0 Å². The van der Waals surface area contributed by atoms with Gasteiger partial charge in [-0.2, -0.15) is 0 Å². The minimum Gasteiger partial charge on any atom is -0.352 e. The third kappa shape index (κ3) is 5.17. The monoisotopic (exact) mass is 384 g/mol. The number of benzene rings is 2. The van der Waals surface area contributed by atoms with Gasteiger partial charge in [0.15, 0.2) is 0 Å². The molecular formula is C17H18ClFN2O3S. The highest BCUT2D eigenvalue weighted by molar-refractivity contribution is 7.92. The fraction of sp³-hybridized carbons (Fsp3) is 0.235. The van der Waals surface area contributed by atoms with E-state index < -0.39 is 15.8 Å². The molecule has 0 fully saturated rings. The number of carbonyl (C=O) groups excluding carboxylic acids is 1. The summed E-state index contributed by atoms with van der Waals surface area (Å²) in [5.74, 6) is -0.582. The van der Waals surface area contributed by atoms with Gasteiger partial charge in [-0.15, -0.1) is 0 Å². The van der Waals surface area contributed by atoms with Gasteiger partial charge < -0.3 is 5.32 Å². The van der Waals surface area contributed by atoms with Crippen LogP contribution in [0, 0.1) is 11.7 Å². The average Bonchev–Trinajstić information content (AvgIpc) is 2.54. The van der Waals surface area contributed by atoms with E-state index in [2.05, 4.69) is 10.0 Å². The zero-order valence-electron chi connectivity index (χ0n) is 13.7. The van der Waals surface area contributed by atoms with Gasteiger partial charge in [0, 0.05) is 12.1 Å². The normalized spacial score (nSPS) is 11.4. The first-order valence-corrected chi connectivity index (χ1v) is 9.41. The lowest BCUT2D eigenvalue weighted by Crippen LogP contribution is -2.27. The third-order valence-electron chi connectivity index (χ3n) is 3.27. The molecule has 2 rings (SSSR count). The molecule has 2 aromatic carbocycles. The number of halogens is 2. The lowest BCUT2D eigenvalue weighted by Gasteiger charge is -2.12. The second kappa shape index (κ2) is 7.84. The summed E-state index contributed by atoms with van der Waals surface area (Å²) in [5, 5.41) is 2.89. The van der Waals surface area contributed by atoms with Crippen molar-refractivity contribution in [1.82, 2.24) is 5.32 Å². The van der Waals surface area contributed by atoms with E-state index in [1.807, 2.05) is 13.8 Å². The van der Waals surface area contributed by atoms with Crippen molar-refractivity contribution in [2.45, 2.75) is 18.7 Å². The van der Waals surface area contributed by atoms with Crippen LogP contribution in [0.15, 0.2) is 47.4 Å². The molecule has 2 aromatic rings. The molecule has 0 saturated carbocycles. The molecule has 1 amide bonds. The van der Waals surface area contributed by atoms with E-state index in [0.29, 0.717) is 6.54 Å². The highest BCUT2D eigenvalue weighted by Crippen LogP contribution is 2.26. The van der Waals surface area contributed by atoms with Gasteiger partial charge in [-0.3, -0.25) is 9.52 Å². The van der Waals surface area contributed by atoms with E-state index in [0.717, 1.165) is 24.3 Å². The summed E-state index contributed by atoms with van der Waals surface area (Å²) in [5.41, 5.74) is 0.352. The molecule has 0 aliphatic heterocycles. The van der Waals surface area contributed by atoms with Gasteiger partial charge in [0.05, 0.1) is 15.6 Å². The largest absolute Gasteiger partial charge is 0.352 e. The van der Waals surface area contributed by atoms with Crippen molar-refractivity contribution >= 4 is 33.2 Å². The molecule has 0 radical (unpaired) electrons. The van der Waals surface area contributed by atoms with Crippen LogP contribution in [0.25, 0.3) is 0 Å². The predicted molar refractivity (Wildman–Crippen MR) is 95.8 cm³/mol. The Morgan fingerprint density at radius 3 is 2.40 bits per heavy atom. The summed E-state index contributed by atoms with van der Waals surface area (Å²) >= 11 is 6.03. The summed E-state index contributed by atoms with van der Waals surface area (Å²) in [4.78, 5) is 12.0. The predicted octanol–water partition coefficient (Wildman–Crippen LogP) is 3.67. The Balaban J connectivity index is 2.25. The Labute approximate surface area is 151 Å². The maximum absolute atomic E-state index is 13.0. The second-order valence-corrected chi connectivity index (χ2v) is 7.95. The van der Waals surface area contributed by atoms with Crippen LogP contribution in [0.4, 0.5) is 10.1 Å². The standard InChI is InChI=1S/C17H18ClFN2O3S/c1-11(2)10-20-17(22)12-3-8-15(18)16(9-12)21-25(23,24)14-6-4-13(19)5-7-14/h3-9,11,21H,10H2,1-2H3,(H,20,22). The van der Waals surface area contributed by atoms with E-state index in [1.54, 1.807) is 0 Å². The van der Waals surface area contributed by atoms with Crippen LogP contribution in [0.5, 0.6) is 0 Å². The van der Waals surface area contributed by atoms with Gasteiger partial charge in [0.25, 0.3) is 15.9 Å². The number of nitrogens with one attached hydrogen (secondary N) is 2. The third-order valence-corrected chi connectivity index (χ3v) is 4.98. The molecule has 0 saturated heterocycles. The van der Waals surface area contributed by atoms with Crippen molar-refractivity contribution in [3.05, 3.63) is 58.9 Å². The first-order chi connectivity index (χ1) is 11.7. The zero-order chi connectivity index (χ0) is 18.6. The number of amides is 1. The van der Waals surface area contributed by atoms with Crippen LogP contribution in [-0.2, 0) is 10.0 Å². The second-order valence-electron chi connectivity index (χ2n) is 5.86. The molecule has 8 heteroatoms. The average molecular weight is 385 g/mol. The van der Waals surface area contributed by atoms with Crippen molar-refractivity contribution in [1.29, 1.82) is 0 Å². The van der Waals surface area contributed by atoms with Crippen LogP contribution < -0.4 is 10.0 Å². The lowest BCUT2D eigenvalue weighted by molar-refractivity contribution is 0.0949. The Morgan fingerprint density at radius 2 is 1.80 bits per heavy atom. The first-order valence-electron chi connectivity index (χ1n) is 7.55. The van der Waals surface area contributed by atoms with Gasteiger partial charge in [-0.1, -0.05) is 25.4 Å². The summed E-state index contributed by atoms with van der Waals surface area (Å²) in [6.45, 7) is 4.42. The molecule has 0 unspecified atom stereocenters. The van der Waals surface area contributed by atoms with Gasteiger partial charge in [-0.05, 0) is 48.4 Å². The van der Waals surface area contributed by atoms with Crippen molar-refractivity contribution in [2.24, 2.45) is 5.92 Å². The number of hydrogen-bond acceptors (Lipinski definition) is 3. The highest BCUT2D eigenvalue weighted by Gasteiger charge is 2.17. The molecule has 0 aromatic heterocycles. The lowest BCUT2D eigenvalue weighted by atomic mass is 10.1. The van der Waals surface area contributed by atoms with E-state index in [9.17, 15) is 17.6 Å². The van der Waals surface area contributed by atoms with E-state index >= 15 is 0 Å². The molecule has 2 N–H and O–H groups in total. The van der Waals surface area contributed by atoms with Crippen LogP contribution in [-0.4, -0.2) is 20.9 Å². The van der Waals surface area contributed by atoms with Gasteiger partial charge in [-0.25, -0.2) is 12.8 Å². The van der Waals surface area contributed by atoms with E-state index in [4.69, 9.17) is 11.6 Å². The quantitative estimate of drug-likeness (QED) is 0.797. The Hall–Kier alpha value is -2.12. The van der Waals surface area contributed by atoms with Crippen LogP contribution in [0.2, 0.25) is 5.02 Å². The number of hydrogen-bond donors (Lipinski definition) is 2. The Morgan fingerprint density at radius 1 is 1.16 bits per heavy atom. The summed E-state index contributed by atoms with van der Waals surface area (Å²) in [7, 11) is -3.95. The number of rotatable bonds is 6. The fourth-order valence-electron chi connectivity index (χ4n) is 1.96. The smallest absolute Gasteiger partial charge is 0.261 e. The van der Waals surface area contributed by atoms with Crippen LogP contribution >= 0.6 is 11.6 Å². The summed E-state index contributed by atoms with van der Waals surface area (Å²) < 4.78 is 40.0. The molecule has 25 heavy (non-hydrogen) atoms. The molecular weight excluding hydrogens is 367 g/mol. The highest BCUT2D eigenvalue weighted by atomic mass is 35.5. The summed E-state index contributed by atoms with van der Waals surface area (Å²) in [6, 6.07) is 8.69. The van der Waals surface area contributed by atoms with Crippen molar-refractivity contribution in [3.63, 3.8) is 0 Å². The summed E-state index contributed by atoms with van der Waals surface area (Å²) in [6.07, 6.45) is 0. The topological polar surface area (TPSA) is 75.3 Å². The Bertz CT molecular complexity index is 868. The SMILES string of the molecule is CC(C)CNC(=O)c1ccc(Cl)c(NS(=O)(=O)c2ccc(F)cc2)c1. The molecule has 0 bridgehead atoms. The van der Waals surface area contributed by atoms with Gasteiger partial charge in [0.1, 0.15) is 5.82 Å². The number of anilines is 1. The minimum absolute atomic E-state index is 0.0724. The maximum atomic E-state index is 13.0. The van der Waals surface area contributed by atoms with Crippen molar-refractivity contribution in [3.8, 4) is 0 Å². The number of sulfonamides is 1. The van der Waals surface area contributed by atoms with Crippen molar-refractivity contribution < 1.29 is 17.6 Å². The van der Waals surface area contributed by atoms with Crippen molar-refractivity contribution in [2.75, 3.05) is 11.3 Å². The molecule has 0 atom stereocenters. The molecule has 5 nitrogen and oxygen atoms in total. The first kappa shape index (κ1) is 19.2. The minimum atomic E-state index is -3.95. The number of carbonyl (C=O) groups is 1.